The Hall–Kier alpha value is -1.66. The van der Waals surface area contributed by atoms with E-state index >= 15 is 0 Å². The number of ether oxygens (including phenoxy) is 1. The zero-order valence-electron chi connectivity index (χ0n) is 12.2. The average molecular weight is 394 g/mol. The highest BCUT2D eigenvalue weighted by Crippen LogP contribution is 2.35. The van der Waals surface area contributed by atoms with Crippen molar-refractivity contribution in [3.05, 3.63) is 45.7 Å². The van der Waals surface area contributed by atoms with Crippen LogP contribution in [0, 0.1) is 5.92 Å². The van der Waals surface area contributed by atoms with Crippen LogP contribution in [-0.2, 0) is 13.2 Å². The lowest BCUT2D eigenvalue weighted by Crippen LogP contribution is -2.01. The Kier molecular flexibility index (Phi) is 3.95. The molecule has 4 rings (SSSR count). The maximum atomic E-state index is 5.87. The van der Waals surface area contributed by atoms with Crippen LogP contribution in [0.15, 0.2) is 34.9 Å². The van der Waals surface area contributed by atoms with Gasteiger partial charge in [-0.15, -0.1) is 5.10 Å². The standard InChI is InChI=1S/C16H14BrClN4O/c17-15-13(23-9-11-3-6-14(18)19-7-11)5-4-12-16(15)20-21-22(12)8-10-1-2-10/h3-7,10H,1-2,8-9H2. The number of halogens is 2. The van der Waals surface area contributed by atoms with Crippen molar-refractivity contribution in [2.24, 2.45) is 5.92 Å². The Labute approximate surface area is 146 Å². The van der Waals surface area contributed by atoms with E-state index in [2.05, 4.69) is 31.2 Å². The van der Waals surface area contributed by atoms with Gasteiger partial charge in [-0.3, -0.25) is 0 Å². The summed E-state index contributed by atoms with van der Waals surface area (Å²) in [5, 5.41) is 9.02. The van der Waals surface area contributed by atoms with E-state index in [1.54, 1.807) is 12.3 Å². The van der Waals surface area contributed by atoms with Crippen LogP contribution < -0.4 is 4.74 Å². The Bertz CT molecular complexity index is 845. The highest BCUT2D eigenvalue weighted by atomic mass is 79.9. The molecule has 23 heavy (non-hydrogen) atoms. The molecular weight excluding hydrogens is 380 g/mol. The van der Waals surface area contributed by atoms with Gasteiger partial charge in [-0.2, -0.15) is 0 Å². The van der Waals surface area contributed by atoms with E-state index in [9.17, 15) is 0 Å². The third-order valence-electron chi connectivity index (χ3n) is 3.90. The number of hydrogen-bond acceptors (Lipinski definition) is 4. The first-order chi connectivity index (χ1) is 11.2. The molecular formula is C16H14BrClN4O. The number of benzene rings is 1. The summed E-state index contributed by atoms with van der Waals surface area (Å²) in [6, 6.07) is 7.61. The molecule has 1 aromatic carbocycles. The van der Waals surface area contributed by atoms with Crippen LogP contribution >= 0.6 is 27.5 Å². The van der Waals surface area contributed by atoms with Gasteiger partial charge in [0.15, 0.2) is 0 Å². The maximum absolute atomic E-state index is 5.87. The largest absolute Gasteiger partial charge is 0.488 e. The molecule has 0 bridgehead atoms. The minimum Gasteiger partial charge on any atom is -0.488 e. The van der Waals surface area contributed by atoms with Crippen LogP contribution in [0.25, 0.3) is 11.0 Å². The molecule has 1 saturated carbocycles. The summed E-state index contributed by atoms with van der Waals surface area (Å²) in [6.45, 7) is 1.37. The second kappa shape index (κ2) is 6.09. The van der Waals surface area contributed by atoms with Gasteiger partial charge >= 0.3 is 0 Å². The molecule has 1 aliphatic carbocycles. The molecule has 7 heteroatoms. The number of aromatic nitrogens is 4. The van der Waals surface area contributed by atoms with Gasteiger partial charge in [0.25, 0.3) is 0 Å². The molecule has 0 amide bonds. The number of rotatable bonds is 5. The van der Waals surface area contributed by atoms with Crippen LogP contribution in [0.5, 0.6) is 5.75 Å². The molecule has 0 aliphatic heterocycles. The smallest absolute Gasteiger partial charge is 0.136 e. The topological polar surface area (TPSA) is 52.8 Å². The number of pyridine rings is 1. The van der Waals surface area contributed by atoms with Crippen LogP contribution in [0.1, 0.15) is 18.4 Å². The molecule has 0 unspecified atom stereocenters. The van der Waals surface area contributed by atoms with Crippen molar-refractivity contribution in [3.8, 4) is 5.75 Å². The van der Waals surface area contributed by atoms with Crippen molar-refractivity contribution in [3.63, 3.8) is 0 Å². The van der Waals surface area contributed by atoms with Gasteiger partial charge in [0, 0.05) is 18.3 Å². The van der Waals surface area contributed by atoms with Crippen LogP contribution in [0.3, 0.4) is 0 Å². The predicted octanol–water partition coefficient (Wildman–Crippen LogP) is 4.23. The minimum absolute atomic E-state index is 0.421. The van der Waals surface area contributed by atoms with E-state index < -0.39 is 0 Å². The first kappa shape index (κ1) is 14.9. The zero-order valence-corrected chi connectivity index (χ0v) is 14.6. The molecule has 0 spiro atoms. The van der Waals surface area contributed by atoms with Gasteiger partial charge in [-0.25, -0.2) is 9.67 Å². The molecule has 0 N–H and O–H groups in total. The summed E-state index contributed by atoms with van der Waals surface area (Å²) in [5.74, 6) is 1.50. The Morgan fingerprint density at radius 1 is 1.26 bits per heavy atom. The van der Waals surface area contributed by atoms with E-state index in [0.717, 1.165) is 39.3 Å². The second-order valence-corrected chi connectivity index (χ2v) is 6.92. The Morgan fingerprint density at radius 2 is 2.13 bits per heavy atom. The Morgan fingerprint density at radius 3 is 2.87 bits per heavy atom. The normalized spacial score (nSPS) is 14.3. The summed E-state index contributed by atoms with van der Waals surface area (Å²) < 4.78 is 8.68. The van der Waals surface area contributed by atoms with Gasteiger partial charge in [0.05, 0.1) is 9.99 Å². The van der Waals surface area contributed by atoms with Gasteiger partial charge in [-0.05, 0) is 52.9 Å². The quantitative estimate of drug-likeness (QED) is 0.609. The summed E-state index contributed by atoms with van der Waals surface area (Å²) >= 11 is 9.37. The molecule has 0 saturated heterocycles. The highest BCUT2D eigenvalue weighted by Gasteiger charge is 2.23. The van der Waals surface area contributed by atoms with Gasteiger partial charge in [-0.1, -0.05) is 22.9 Å². The maximum Gasteiger partial charge on any atom is 0.136 e. The van der Waals surface area contributed by atoms with Crippen LogP contribution in [-0.4, -0.2) is 20.0 Å². The van der Waals surface area contributed by atoms with Gasteiger partial charge < -0.3 is 4.74 Å². The SMILES string of the molecule is Clc1ccc(COc2ccc3c(nnn3CC3CC3)c2Br)cn1. The fourth-order valence-corrected chi connectivity index (χ4v) is 3.07. The van der Waals surface area contributed by atoms with Crippen LogP contribution in [0.2, 0.25) is 5.15 Å². The second-order valence-electron chi connectivity index (χ2n) is 5.74. The van der Waals surface area contributed by atoms with E-state index in [1.165, 1.54) is 12.8 Å². The fourth-order valence-electron chi connectivity index (χ4n) is 2.43. The molecule has 1 fully saturated rings. The monoisotopic (exact) mass is 392 g/mol. The van der Waals surface area contributed by atoms with Crippen molar-refractivity contribution in [2.75, 3.05) is 0 Å². The first-order valence-corrected chi connectivity index (χ1v) is 8.63. The van der Waals surface area contributed by atoms with Crippen molar-refractivity contribution < 1.29 is 4.74 Å². The van der Waals surface area contributed by atoms with Crippen molar-refractivity contribution >= 4 is 38.6 Å². The highest BCUT2D eigenvalue weighted by molar-refractivity contribution is 9.10. The molecule has 2 heterocycles. The first-order valence-electron chi connectivity index (χ1n) is 7.45. The Balaban J connectivity index is 1.55. The minimum atomic E-state index is 0.421. The predicted molar refractivity (Wildman–Crippen MR) is 91.5 cm³/mol. The molecule has 5 nitrogen and oxygen atoms in total. The lowest BCUT2D eigenvalue weighted by Gasteiger charge is -2.09. The molecule has 3 aromatic rings. The molecule has 0 radical (unpaired) electrons. The number of fused-ring (bicyclic) bond motifs is 1. The van der Waals surface area contributed by atoms with E-state index in [-0.39, 0.29) is 0 Å². The molecule has 118 valence electrons. The summed E-state index contributed by atoms with van der Waals surface area (Å²) in [5.41, 5.74) is 2.82. The van der Waals surface area contributed by atoms with E-state index in [4.69, 9.17) is 16.3 Å². The average Bonchev–Trinajstić information content (AvgIpc) is 3.28. The van der Waals surface area contributed by atoms with Gasteiger partial charge in [0.1, 0.15) is 23.0 Å². The summed E-state index contributed by atoms with van der Waals surface area (Å²) in [6.07, 6.45) is 4.29. The van der Waals surface area contributed by atoms with E-state index in [1.807, 2.05) is 22.9 Å². The lowest BCUT2D eigenvalue weighted by atomic mass is 10.2. The van der Waals surface area contributed by atoms with Gasteiger partial charge in [0.2, 0.25) is 0 Å². The summed E-state index contributed by atoms with van der Waals surface area (Å²) in [7, 11) is 0. The summed E-state index contributed by atoms with van der Waals surface area (Å²) in [4.78, 5) is 4.05. The molecule has 2 aromatic heterocycles. The fraction of sp³-hybridized carbons (Fsp3) is 0.312. The van der Waals surface area contributed by atoms with E-state index in [0.29, 0.717) is 11.8 Å². The van der Waals surface area contributed by atoms with Crippen molar-refractivity contribution in [1.29, 1.82) is 0 Å². The molecule has 0 atom stereocenters. The zero-order chi connectivity index (χ0) is 15.8. The third-order valence-corrected chi connectivity index (χ3v) is 4.89. The van der Waals surface area contributed by atoms with Crippen molar-refractivity contribution in [2.45, 2.75) is 26.0 Å². The van der Waals surface area contributed by atoms with Crippen LogP contribution in [0.4, 0.5) is 0 Å². The number of nitrogens with zero attached hydrogens (tertiary/aromatic N) is 4. The third kappa shape index (κ3) is 3.19. The van der Waals surface area contributed by atoms with Crippen molar-refractivity contribution in [1.82, 2.24) is 20.0 Å². The molecule has 1 aliphatic rings. The number of hydrogen-bond donors (Lipinski definition) is 0. The lowest BCUT2D eigenvalue weighted by molar-refractivity contribution is 0.304.